The normalized spacial score (nSPS) is 31.0. The summed E-state index contributed by atoms with van der Waals surface area (Å²) in [5, 5.41) is 3.93. The van der Waals surface area contributed by atoms with Crippen LogP contribution in [-0.2, 0) is 22.4 Å². The number of nitrogens with one attached hydrogen (secondary N) is 1. The quantitative estimate of drug-likeness (QED) is 0.350. The summed E-state index contributed by atoms with van der Waals surface area (Å²) in [6, 6.07) is 0.204. The van der Waals surface area contributed by atoms with Crippen LogP contribution >= 0.6 is 11.3 Å². The van der Waals surface area contributed by atoms with Crippen LogP contribution in [0, 0.1) is 23.7 Å². The van der Waals surface area contributed by atoms with Gasteiger partial charge in [-0.1, -0.05) is 36.8 Å². The molecule has 4 atom stereocenters. The van der Waals surface area contributed by atoms with Crippen LogP contribution in [0.25, 0.3) is 0 Å². The molecule has 1 aromatic rings. The summed E-state index contributed by atoms with van der Waals surface area (Å²) in [6.45, 7) is 4.25. The minimum Gasteiger partial charge on any atom is -0.349 e. The van der Waals surface area contributed by atoms with Gasteiger partial charge in [-0.3, -0.25) is 14.4 Å². The van der Waals surface area contributed by atoms with Crippen molar-refractivity contribution in [1.82, 2.24) is 5.32 Å². The summed E-state index contributed by atoms with van der Waals surface area (Å²) < 4.78 is 0. The summed E-state index contributed by atoms with van der Waals surface area (Å²) in [5.74, 6) is -0.211. The van der Waals surface area contributed by atoms with Crippen molar-refractivity contribution < 1.29 is 14.4 Å². The molecule has 4 aliphatic carbocycles. The standard InChI is InChI=1S/C28H36N2O3S/c1-15(2)21-18-13-14-19(21)23-22(18)26(32)30(27(23)33)28-24(17-11-7-4-8-12-20(17)34-28)25(31)29-16-9-5-3-6-10-16/h16,18-19,22-23H,3-14H2,1-2H3,(H,29,31)/t18-,19-,22-,23+/m1/s1. The molecule has 2 heterocycles. The summed E-state index contributed by atoms with van der Waals surface area (Å²) in [5.41, 5.74) is 4.40. The molecule has 5 aliphatic rings. The van der Waals surface area contributed by atoms with Crippen molar-refractivity contribution >= 4 is 34.1 Å². The SMILES string of the molecule is CC(C)=C1[C@H]2CC[C@H]1[C@H]1C(=O)N(c3sc4c(c3C(=O)NC3CCCCC3)CCCCC4)C(=O)[C@H]12. The molecular weight excluding hydrogens is 444 g/mol. The number of carbonyl (C=O) groups excluding carboxylic acids is 3. The fourth-order valence-corrected chi connectivity index (χ4v) is 9.21. The highest BCUT2D eigenvalue weighted by atomic mass is 32.1. The van der Waals surface area contributed by atoms with Crippen LogP contribution in [0.4, 0.5) is 5.00 Å². The lowest BCUT2D eigenvalue weighted by Gasteiger charge is -2.24. The van der Waals surface area contributed by atoms with Crippen molar-refractivity contribution in [2.75, 3.05) is 4.90 Å². The van der Waals surface area contributed by atoms with Gasteiger partial charge in [-0.15, -0.1) is 11.3 Å². The molecule has 3 amide bonds. The first-order valence-corrected chi connectivity index (χ1v) is 14.3. The average molecular weight is 481 g/mol. The van der Waals surface area contributed by atoms with E-state index in [4.69, 9.17) is 0 Å². The first-order valence-electron chi connectivity index (χ1n) is 13.5. The number of allylic oxidation sites excluding steroid dienone is 2. The first kappa shape index (κ1) is 22.5. The zero-order chi connectivity index (χ0) is 23.6. The molecule has 1 aliphatic heterocycles. The summed E-state index contributed by atoms with van der Waals surface area (Å²) in [6.07, 6.45) is 12.8. The van der Waals surface area contributed by atoms with E-state index < -0.39 is 0 Å². The number of thiophene rings is 1. The van der Waals surface area contributed by atoms with Crippen molar-refractivity contribution in [1.29, 1.82) is 0 Å². The van der Waals surface area contributed by atoms with Crippen LogP contribution in [0.3, 0.4) is 0 Å². The van der Waals surface area contributed by atoms with Gasteiger partial charge in [0.2, 0.25) is 11.8 Å². The Labute approximate surface area is 206 Å². The van der Waals surface area contributed by atoms with Crippen LogP contribution < -0.4 is 10.2 Å². The van der Waals surface area contributed by atoms with Gasteiger partial charge in [-0.2, -0.15) is 0 Å². The minimum absolute atomic E-state index is 0.0518. The van der Waals surface area contributed by atoms with Crippen molar-refractivity contribution in [3.63, 3.8) is 0 Å². The molecule has 1 saturated heterocycles. The van der Waals surface area contributed by atoms with Gasteiger partial charge >= 0.3 is 0 Å². The molecule has 2 bridgehead atoms. The molecule has 0 unspecified atom stereocenters. The largest absolute Gasteiger partial charge is 0.349 e. The Balaban J connectivity index is 1.38. The van der Waals surface area contributed by atoms with Crippen LogP contribution in [0.1, 0.15) is 98.9 Å². The lowest BCUT2D eigenvalue weighted by molar-refractivity contribution is -0.122. The van der Waals surface area contributed by atoms with E-state index in [0.29, 0.717) is 10.6 Å². The number of carbonyl (C=O) groups is 3. The molecular formula is C28H36N2O3S. The number of anilines is 1. The molecule has 0 spiro atoms. The smallest absolute Gasteiger partial charge is 0.254 e. The van der Waals surface area contributed by atoms with E-state index in [1.807, 2.05) is 0 Å². The first-order chi connectivity index (χ1) is 16.5. The number of nitrogens with zero attached hydrogens (tertiary/aromatic N) is 1. The van der Waals surface area contributed by atoms with E-state index in [1.165, 1.54) is 33.8 Å². The van der Waals surface area contributed by atoms with Crippen molar-refractivity contribution in [2.45, 2.75) is 96.9 Å². The number of amides is 3. The molecule has 34 heavy (non-hydrogen) atoms. The van der Waals surface area contributed by atoms with E-state index in [2.05, 4.69) is 19.2 Å². The molecule has 1 aromatic heterocycles. The van der Waals surface area contributed by atoms with Crippen LogP contribution in [0.15, 0.2) is 11.1 Å². The number of fused-ring (bicyclic) bond motifs is 6. The molecule has 1 N–H and O–H groups in total. The monoisotopic (exact) mass is 480 g/mol. The van der Waals surface area contributed by atoms with Crippen molar-refractivity contribution in [2.24, 2.45) is 23.7 Å². The average Bonchev–Trinajstić information content (AvgIpc) is 3.50. The fourth-order valence-electron chi connectivity index (χ4n) is 7.82. The topological polar surface area (TPSA) is 66.5 Å². The number of hydrogen-bond donors (Lipinski definition) is 1. The Morgan fingerprint density at radius 3 is 2.12 bits per heavy atom. The fraction of sp³-hybridized carbons (Fsp3) is 0.679. The minimum atomic E-state index is -0.229. The summed E-state index contributed by atoms with van der Waals surface area (Å²) in [7, 11) is 0. The predicted molar refractivity (Wildman–Crippen MR) is 134 cm³/mol. The molecule has 4 fully saturated rings. The predicted octanol–water partition coefficient (Wildman–Crippen LogP) is 5.56. The molecule has 0 aromatic carbocycles. The van der Waals surface area contributed by atoms with Crippen LogP contribution in [0.5, 0.6) is 0 Å². The Kier molecular flexibility index (Phi) is 5.70. The molecule has 182 valence electrons. The second-order valence-corrected chi connectivity index (χ2v) is 12.4. The van der Waals surface area contributed by atoms with E-state index in [9.17, 15) is 14.4 Å². The van der Waals surface area contributed by atoms with Gasteiger partial charge < -0.3 is 5.32 Å². The Bertz CT molecular complexity index is 1040. The highest BCUT2D eigenvalue weighted by Gasteiger charge is 2.64. The van der Waals surface area contributed by atoms with Gasteiger partial charge in [-0.05, 0) is 82.6 Å². The van der Waals surface area contributed by atoms with Crippen LogP contribution in [-0.4, -0.2) is 23.8 Å². The second-order valence-electron chi connectivity index (χ2n) is 11.4. The van der Waals surface area contributed by atoms with Gasteiger partial charge in [0.05, 0.1) is 17.4 Å². The van der Waals surface area contributed by atoms with Gasteiger partial charge in [0.1, 0.15) is 5.00 Å². The molecule has 5 nitrogen and oxygen atoms in total. The Morgan fingerprint density at radius 1 is 0.853 bits per heavy atom. The number of hydrogen-bond acceptors (Lipinski definition) is 4. The van der Waals surface area contributed by atoms with Gasteiger partial charge in [0.15, 0.2) is 0 Å². The highest BCUT2D eigenvalue weighted by molar-refractivity contribution is 7.17. The maximum atomic E-state index is 13.9. The summed E-state index contributed by atoms with van der Waals surface area (Å²) in [4.78, 5) is 44.1. The van der Waals surface area contributed by atoms with Crippen LogP contribution in [0.2, 0.25) is 0 Å². The van der Waals surface area contributed by atoms with E-state index in [1.54, 1.807) is 11.3 Å². The number of imide groups is 1. The lowest BCUT2D eigenvalue weighted by Crippen LogP contribution is -2.38. The third-order valence-electron chi connectivity index (χ3n) is 9.20. The maximum Gasteiger partial charge on any atom is 0.254 e. The Hall–Kier alpha value is -1.95. The number of aryl methyl sites for hydroxylation is 1. The van der Waals surface area contributed by atoms with Crippen molar-refractivity contribution in [3.8, 4) is 0 Å². The molecule has 3 saturated carbocycles. The van der Waals surface area contributed by atoms with Gasteiger partial charge in [0, 0.05) is 10.9 Å². The second kappa shape index (κ2) is 8.61. The van der Waals surface area contributed by atoms with E-state index in [-0.39, 0.29) is 47.4 Å². The molecule has 0 radical (unpaired) electrons. The zero-order valence-electron chi connectivity index (χ0n) is 20.5. The van der Waals surface area contributed by atoms with Gasteiger partial charge in [-0.25, -0.2) is 4.90 Å². The maximum absolute atomic E-state index is 13.9. The van der Waals surface area contributed by atoms with Gasteiger partial charge in [0.25, 0.3) is 5.91 Å². The lowest BCUT2D eigenvalue weighted by atomic mass is 9.81. The molecule has 6 rings (SSSR count). The third-order valence-corrected chi connectivity index (χ3v) is 10.5. The van der Waals surface area contributed by atoms with Crippen molar-refractivity contribution in [3.05, 3.63) is 27.2 Å². The van der Waals surface area contributed by atoms with E-state index in [0.717, 1.165) is 69.8 Å². The molecule has 6 heteroatoms. The van der Waals surface area contributed by atoms with E-state index >= 15 is 0 Å². The highest BCUT2D eigenvalue weighted by Crippen LogP contribution is 2.61. The zero-order valence-corrected chi connectivity index (χ0v) is 21.3. The summed E-state index contributed by atoms with van der Waals surface area (Å²) >= 11 is 1.55. The third kappa shape index (κ3) is 3.35. The Morgan fingerprint density at radius 2 is 1.47 bits per heavy atom. The number of rotatable bonds is 3.